The van der Waals surface area contributed by atoms with Crippen LogP contribution in [0.15, 0.2) is 60.9 Å². The Labute approximate surface area is 158 Å². The van der Waals surface area contributed by atoms with Gasteiger partial charge >= 0.3 is 0 Å². The summed E-state index contributed by atoms with van der Waals surface area (Å²) >= 11 is 0. The van der Waals surface area contributed by atoms with Crippen molar-refractivity contribution in [1.82, 2.24) is 15.4 Å². The third-order valence-electron chi connectivity index (χ3n) is 4.22. The number of hydrogen-bond acceptors (Lipinski definition) is 6. The fourth-order valence-electron chi connectivity index (χ4n) is 2.65. The summed E-state index contributed by atoms with van der Waals surface area (Å²) in [7, 11) is 0. The Morgan fingerprint density at radius 1 is 1.00 bits per heavy atom. The van der Waals surface area contributed by atoms with Gasteiger partial charge in [0, 0.05) is 5.56 Å². The van der Waals surface area contributed by atoms with Gasteiger partial charge in [0.05, 0.1) is 6.04 Å². The highest BCUT2D eigenvalue weighted by Crippen LogP contribution is 2.26. The minimum Gasteiger partial charge on any atom is -0.393 e. The predicted molar refractivity (Wildman–Crippen MR) is 107 cm³/mol. The van der Waals surface area contributed by atoms with Crippen LogP contribution >= 0.6 is 0 Å². The van der Waals surface area contributed by atoms with Gasteiger partial charge in [0.25, 0.3) is 5.91 Å². The van der Waals surface area contributed by atoms with E-state index in [1.54, 1.807) is 6.07 Å². The summed E-state index contributed by atoms with van der Waals surface area (Å²) in [5.74, 6) is 0.557. The summed E-state index contributed by atoms with van der Waals surface area (Å²) in [6.07, 6.45) is 1.39. The number of hydrazine groups is 1. The van der Waals surface area contributed by atoms with Crippen molar-refractivity contribution in [3.63, 3.8) is 0 Å². The third kappa shape index (κ3) is 4.33. The monoisotopic (exact) mass is 362 g/mol. The molecule has 1 heterocycles. The molecule has 0 saturated heterocycles. The minimum atomic E-state index is -0.265. The highest BCUT2D eigenvalue weighted by Gasteiger charge is 2.13. The average molecular weight is 362 g/mol. The van der Waals surface area contributed by atoms with Crippen LogP contribution in [-0.4, -0.2) is 15.9 Å². The maximum Gasteiger partial charge on any atom is 0.269 e. The lowest BCUT2D eigenvalue weighted by atomic mass is 10.1. The van der Waals surface area contributed by atoms with Crippen LogP contribution in [0.5, 0.6) is 0 Å². The number of hydrogen-bond donors (Lipinski definition) is 4. The average Bonchev–Trinajstić information content (AvgIpc) is 2.69. The summed E-state index contributed by atoms with van der Waals surface area (Å²) in [5.41, 5.74) is 14.5. The van der Waals surface area contributed by atoms with Crippen LogP contribution < -0.4 is 21.9 Å². The van der Waals surface area contributed by atoms with Gasteiger partial charge in [-0.05, 0) is 31.0 Å². The predicted octanol–water partition coefficient (Wildman–Crippen LogP) is 3.30. The van der Waals surface area contributed by atoms with Crippen molar-refractivity contribution >= 4 is 23.2 Å². The van der Waals surface area contributed by atoms with E-state index in [1.165, 1.54) is 6.33 Å². The molecule has 0 saturated carbocycles. The number of anilines is 3. The van der Waals surface area contributed by atoms with Crippen molar-refractivity contribution in [3.8, 4) is 0 Å². The highest BCUT2D eigenvalue weighted by molar-refractivity contribution is 5.96. The summed E-state index contributed by atoms with van der Waals surface area (Å²) in [5, 5.41) is 3.27. The van der Waals surface area contributed by atoms with Gasteiger partial charge in [-0.3, -0.25) is 15.6 Å². The standard InChI is InChI=1S/C20H22N6O/c1-13-8-6-7-11-16(13)20(27)26-25-19-17(21)18(22-12-23-19)24-14(2)15-9-4-3-5-10-15/h3-12,14H,21H2,1-2H3,(H,26,27)(H2,22,23,24,25). The van der Waals surface area contributed by atoms with Gasteiger partial charge < -0.3 is 11.1 Å². The number of nitrogen functional groups attached to an aromatic ring is 1. The molecule has 0 radical (unpaired) electrons. The van der Waals surface area contributed by atoms with E-state index < -0.39 is 0 Å². The molecule has 1 atom stereocenters. The molecular formula is C20H22N6O. The Morgan fingerprint density at radius 2 is 1.67 bits per heavy atom. The Morgan fingerprint density at radius 3 is 2.41 bits per heavy atom. The van der Waals surface area contributed by atoms with Crippen molar-refractivity contribution in [3.05, 3.63) is 77.6 Å². The number of amides is 1. The van der Waals surface area contributed by atoms with Crippen LogP contribution in [0.2, 0.25) is 0 Å². The summed E-state index contributed by atoms with van der Waals surface area (Å²) in [4.78, 5) is 20.6. The molecule has 3 aromatic rings. The molecule has 0 aliphatic carbocycles. The second-order valence-electron chi connectivity index (χ2n) is 6.16. The smallest absolute Gasteiger partial charge is 0.269 e. The third-order valence-corrected chi connectivity index (χ3v) is 4.22. The largest absolute Gasteiger partial charge is 0.393 e. The maximum absolute atomic E-state index is 12.3. The highest BCUT2D eigenvalue weighted by atomic mass is 16.2. The molecular weight excluding hydrogens is 340 g/mol. The molecule has 0 bridgehead atoms. The number of nitrogens with zero attached hydrogens (tertiary/aromatic N) is 2. The number of aryl methyl sites for hydroxylation is 1. The van der Waals surface area contributed by atoms with Gasteiger partial charge in [0.2, 0.25) is 0 Å². The zero-order valence-electron chi connectivity index (χ0n) is 15.2. The molecule has 27 heavy (non-hydrogen) atoms. The van der Waals surface area contributed by atoms with Crippen LogP contribution in [0.4, 0.5) is 17.3 Å². The Hall–Kier alpha value is -3.61. The first-order valence-electron chi connectivity index (χ1n) is 8.60. The zero-order chi connectivity index (χ0) is 19.2. The molecule has 0 aliphatic heterocycles. The van der Waals surface area contributed by atoms with Crippen molar-refractivity contribution in [2.24, 2.45) is 0 Å². The number of carbonyl (C=O) groups excluding carboxylic acids is 1. The lowest BCUT2D eigenvalue weighted by Crippen LogP contribution is -2.31. The zero-order valence-corrected chi connectivity index (χ0v) is 15.2. The van der Waals surface area contributed by atoms with E-state index in [4.69, 9.17) is 5.73 Å². The Bertz CT molecular complexity index is 929. The van der Waals surface area contributed by atoms with Crippen molar-refractivity contribution in [2.75, 3.05) is 16.5 Å². The first-order chi connectivity index (χ1) is 13.1. The normalized spacial score (nSPS) is 11.5. The number of benzene rings is 2. The van der Waals surface area contributed by atoms with Gasteiger partial charge in [-0.25, -0.2) is 9.97 Å². The van der Waals surface area contributed by atoms with E-state index in [9.17, 15) is 4.79 Å². The second kappa shape index (κ2) is 8.18. The molecule has 0 aliphatic rings. The Balaban J connectivity index is 1.70. The quantitative estimate of drug-likeness (QED) is 0.502. The molecule has 2 aromatic carbocycles. The van der Waals surface area contributed by atoms with E-state index in [2.05, 4.69) is 26.1 Å². The molecule has 0 spiro atoms. The van der Waals surface area contributed by atoms with Crippen LogP contribution in [-0.2, 0) is 0 Å². The van der Waals surface area contributed by atoms with E-state index >= 15 is 0 Å². The van der Waals surface area contributed by atoms with Crippen LogP contribution in [0, 0.1) is 6.92 Å². The topological polar surface area (TPSA) is 105 Å². The first-order valence-corrected chi connectivity index (χ1v) is 8.60. The molecule has 1 amide bonds. The number of rotatable bonds is 6. The number of nitrogens with one attached hydrogen (secondary N) is 3. The van der Waals surface area contributed by atoms with Crippen LogP contribution in [0.1, 0.15) is 34.5 Å². The molecule has 138 valence electrons. The van der Waals surface area contributed by atoms with Gasteiger partial charge in [-0.1, -0.05) is 48.5 Å². The fourth-order valence-corrected chi connectivity index (χ4v) is 2.65. The minimum absolute atomic E-state index is 0.0119. The number of nitrogens with two attached hydrogens (primary N) is 1. The Kier molecular flexibility index (Phi) is 5.51. The van der Waals surface area contributed by atoms with Gasteiger partial charge in [-0.2, -0.15) is 0 Å². The number of aromatic nitrogens is 2. The molecule has 7 nitrogen and oxygen atoms in total. The van der Waals surface area contributed by atoms with E-state index in [0.717, 1.165) is 11.1 Å². The van der Waals surface area contributed by atoms with Crippen molar-refractivity contribution in [1.29, 1.82) is 0 Å². The van der Waals surface area contributed by atoms with E-state index in [0.29, 0.717) is 22.9 Å². The maximum atomic E-state index is 12.3. The van der Waals surface area contributed by atoms with Gasteiger partial charge in [-0.15, -0.1) is 0 Å². The molecule has 1 aromatic heterocycles. The molecule has 3 rings (SSSR count). The lowest BCUT2D eigenvalue weighted by Gasteiger charge is -2.18. The second-order valence-corrected chi connectivity index (χ2v) is 6.16. The number of carbonyl (C=O) groups is 1. The van der Waals surface area contributed by atoms with Crippen LogP contribution in [0.25, 0.3) is 0 Å². The first kappa shape index (κ1) is 18.2. The van der Waals surface area contributed by atoms with E-state index in [-0.39, 0.29) is 11.9 Å². The van der Waals surface area contributed by atoms with Crippen LogP contribution in [0.3, 0.4) is 0 Å². The molecule has 1 unspecified atom stereocenters. The molecule has 5 N–H and O–H groups in total. The van der Waals surface area contributed by atoms with Gasteiger partial charge in [0.1, 0.15) is 12.0 Å². The van der Waals surface area contributed by atoms with Gasteiger partial charge in [0.15, 0.2) is 11.6 Å². The fraction of sp³-hybridized carbons (Fsp3) is 0.150. The van der Waals surface area contributed by atoms with Crippen molar-refractivity contribution < 1.29 is 4.79 Å². The molecule has 0 fully saturated rings. The summed E-state index contributed by atoms with van der Waals surface area (Å²) in [6.45, 7) is 3.89. The van der Waals surface area contributed by atoms with Crippen molar-refractivity contribution in [2.45, 2.75) is 19.9 Å². The lowest BCUT2D eigenvalue weighted by molar-refractivity contribution is 0.0962. The summed E-state index contributed by atoms with van der Waals surface area (Å²) < 4.78 is 0. The SMILES string of the molecule is Cc1ccccc1C(=O)NNc1ncnc(NC(C)c2ccccc2)c1N. The molecule has 7 heteroatoms. The van der Waals surface area contributed by atoms with E-state index in [1.807, 2.05) is 62.4 Å². The summed E-state index contributed by atoms with van der Waals surface area (Å²) in [6, 6.07) is 17.3.